The number of carbonyl (C=O) groups excluding carboxylic acids is 2. The van der Waals surface area contributed by atoms with Crippen LogP contribution in [0, 0.1) is 20.8 Å². The second-order valence-corrected chi connectivity index (χ2v) is 11.2. The van der Waals surface area contributed by atoms with Gasteiger partial charge in [-0.05, 0) is 92.9 Å². The van der Waals surface area contributed by atoms with Gasteiger partial charge in [-0.25, -0.2) is 9.59 Å². The van der Waals surface area contributed by atoms with Gasteiger partial charge < -0.3 is 9.47 Å². The number of ether oxygens (including phenoxy) is 2. The van der Waals surface area contributed by atoms with Gasteiger partial charge in [0.05, 0.1) is 22.1 Å². The molecule has 0 radical (unpaired) electrons. The maximum atomic E-state index is 13.7. The molecule has 0 heterocycles. The van der Waals surface area contributed by atoms with Crippen molar-refractivity contribution in [3.63, 3.8) is 0 Å². The number of rotatable bonds is 7. The number of hydrogen-bond acceptors (Lipinski definition) is 8. The van der Waals surface area contributed by atoms with Crippen LogP contribution in [0.1, 0.15) is 27.6 Å². The van der Waals surface area contributed by atoms with Crippen molar-refractivity contribution in [3.05, 3.63) is 62.3 Å². The third-order valence-corrected chi connectivity index (χ3v) is 8.55. The summed E-state index contributed by atoms with van der Waals surface area (Å²) in [6, 6.07) is 5.63. The molecule has 2 aromatic carbocycles. The van der Waals surface area contributed by atoms with E-state index in [1.807, 2.05) is 67.8 Å². The standard InChI is InChI=1S/C17H10F2I3NO9S/c1-7(17(18,19)33(28,29)30)31-15(24)8-2-10(23(26)27)6-11(3-8)32-16(25)12-4-9(20)5-13(21)14(12)22/h2-7H,1H3,(H,28,29,30). The zero-order valence-corrected chi connectivity index (χ0v) is 23.2. The minimum Gasteiger partial charge on any atom is -0.451 e. The SMILES string of the molecule is CC(OC(=O)c1cc(OC(=O)c2cc(I)cc(I)c2I)cc([N+](=O)[O-])c1)C(F)(F)S(=O)(=O)O. The van der Waals surface area contributed by atoms with E-state index in [-0.39, 0.29) is 5.56 Å². The zero-order chi connectivity index (χ0) is 25.3. The van der Waals surface area contributed by atoms with Crippen molar-refractivity contribution in [3.8, 4) is 5.75 Å². The molecule has 16 heteroatoms. The number of halogens is 5. The van der Waals surface area contributed by atoms with E-state index >= 15 is 0 Å². The maximum Gasteiger partial charge on any atom is 0.405 e. The van der Waals surface area contributed by atoms with Crippen LogP contribution in [-0.4, -0.2) is 41.2 Å². The van der Waals surface area contributed by atoms with Gasteiger partial charge in [0.15, 0.2) is 6.10 Å². The first-order valence-electron chi connectivity index (χ1n) is 8.26. The molecule has 0 aromatic heterocycles. The first-order valence-corrected chi connectivity index (χ1v) is 12.9. The molecule has 10 nitrogen and oxygen atoms in total. The first kappa shape index (κ1) is 28.0. The monoisotopic (exact) mass is 823 g/mol. The molecule has 2 rings (SSSR count). The van der Waals surface area contributed by atoms with Crippen molar-refractivity contribution in [1.29, 1.82) is 0 Å². The Morgan fingerprint density at radius 3 is 2.27 bits per heavy atom. The van der Waals surface area contributed by atoms with Crippen LogP contribution >= 0.6 is 67.8 Å². The number of non-ortho nitro benzene ring substituents is 1. The normalized spacial score (nSPS) is 12.7. The lowest BCUT2D eigenvalue weighted by Gasteiger charge is -2.20. The van der Waals surface area contributed by atoms with Crippen molar-refractivity contribution < 1.29 is 45.7 Å². The van der Waals surface area contributed by atoms with E-state index in [0.717, 1.165) is 15.7 Å². The van der Waals surface area contributed by atoms with Gasteiger partial charge in [0.1, 0.15) is 5.75 Å². The summed E-state index contributed by atoms with van der Waals surface area (Å²) in [5.74, 6) is -2.94. The number of alkyl halides is 2. The lowest BCUT2D eigenvalue weighted by atomic mass is 10.2. The van der Waals surface area contributed by atoms with Crippen molar-refractivity contribution in [1.82, 2.24) is 0 Å². The summed E-state index contributed by atoms with van der Waals surface area (Å²) in [5, 5.41) is 6.38. The van der Waals surface area contributed by atoms with E-state index in [1.165, 1.54) is 6.07 Å². The van der Waals surface area contributed by atoms with Gasteiger partial charge in [-0.15, -0.1) is 0 Å². The number of carbonyl (C=O) groups is 2. The molecule has 178 valence electrons. The first-order chi connectivity index (χ1) is 15.0. The Labute approximate surface area is 225 Å². The van der Waals surface area contributed by atoms with Gasteiger partial charge >= 0.3 is 27.3 Å². The Morgan fingerprint density at radius 1 is 1.12 bits per heavy atom. The topological polar surface area (TPSA) is 150 Å². The Bertz CT molecular complexity index is 1250. The Kier molecular flexibility index (Phi) is 8.95. The lowest BCUT2D eigenvalue weighted by Crippen LogP contribution is -2.42. The van der Waals surface area contributed by atoms with Crippen molar-refractivity contribution in [2.75, 3.05) is 0 Å². The summed E-state index contributed by atoms with van der Waals surface area (Å²) >= 11 is 5.88. The number of nitro groups is 1. The largest absolute Gasteiger partial charge is 0.451 e. The van der Waals surface area contributed by atoms with Crippen LogP contribution in [0.25, 0.3) is 0 Å². The second kappa shape index (κ2) is 10.6. The zero-order valence-electron chi connectivity index (χ0n) is 15.9. The molecule has 1 atom stereocenters. The molecule has 0 bridgehead atoms. The molecule has 0 aliphatic carbocycles. The highest BCUT2D eigenvalue weighted by Crippen LogP contribution is 2.30. The molecule has 0 saturated heterocycles. The molecular weight excluding hydrogens is 813 g/mol. The maximum absolute atomic E-state index is 13.7. The molecule has 0 aliphatic heterocycles. The van der Waals surface area contributed by atoms with Gasteiger partial charge in [0.2, 0.25) is 0 Å². The van der Waals surface area contributed by atoms with Crippen LogP contribution in [-0.2, 0) is 14.9 Å². The molecule has 0 aliphatic rings. The van der Waals surface area contributed by atoms with Crippen LogP contribution < -0.4 is 4.74 Å². The molecule has 0 fully saturated rings. The second-order valence-electron chi connectivity index (χ2n) is 6.20. The summed E-state index contributed by atoms with van der Waals surface area (Å²) < 4.78 is 69.0. The van der Waals surface area contributed by atoms with Gasteiger partial charge in [0, 0.05) is 16.8 Å². The molecule has 0 spiro atoms. The summed E-state index contributed by atoms with van der Waals surface area (Å²) in [6.45, 7) is 0.504. The quantitative estimate of drug-likeness (QED) is 0.0801. The summed E-state index contributed by atoms with van der Waals surface area (Å²) in [4.78, 5) is 35.2. The third kappa shape index (κ3) is 6.66. The summed E-state index contributed by atoms with van der Waals surface area (Å²) in [7, 11) is -5.91. The van der Waals surface area contributed by atoms with Gasteiger partial charge in [-0.2, -0.15) is 17.2 Å². The van der Waals surface area contributed by atoms with Crippen LogP contribution in [0.5, 0.6) is 5.75 Å². The average molecular weight is 823 g/mol. The Hall–Kier alpha value is -1.26. The van der Waals surface area contributed by atoms with E-state index in [1.54, 1.807) is 6.07 Å². The number of nitro benzene ring substituents is 1. The number of esters is 2. The smallest absolute Gasteiger partial charge is 0.405 e. The molecule has 2 aromatic rings. The van der Waals surface area contributed by atoms with Crippen LogP contribution in [0.3, 0.4) is 0 Å². The minimum atomic E-state index is -5.91. The van der Waals surface area contributed by atoms with Gasteiger partial charge in [-0.1, -0.05) is 0 Å². The van der Waals surface area contributed by atoms with E-state index in [0.29, 0.717) is 20.1 Å². The molecule has 0 saturated carbocycles. The fourth-order valence-electron chi connectivity index (χ4n) is 2.24. The van der Waals surface area contributed by atoms with E-state index in [9.17, 15) is 36.9 Å². The fraction of sp³-hybridized carbons (Fsp3) is 0.176. The molecule has 1 N–H and O–H groups in total. The Balaban J connectivity index is 2.40. The average Bonchev–Trinajstić information content (AvgIpc) is 2.69. The molecule has 1 unspecified atom stereocenters. The minimum absolute atomic E-state index is 0.143. The van der Waals surface area contributed by atoms with Crippen molar-refractivity contribution in [2.45, 2.75) is 18.3 Å². The van der Waals surface area contributed by atoms with Crippen LogP contribution in [0.4, 0.5) is 14.5 Å². The molecule has 0 amide bonds. The number of nitrogens with zero attached hydrogens (tertiary/aromatic N) is 1. The van der Waals surface area contributed by atoms with E-state index in [2.05, 4.69) is 4.74 Å². The van der Waals surface area contributed by atoms with Gasteiger partial charge in [0.25, 0.3) is 5.69 Å². The third-order valence-electron chi connectivity index (χ3n) is 3.86. The highest BCUT2D eigenvalue weighted by molar-refractivity contribution is 14.1. The molecule has 33 heavy (non-hydrogen) atoms. The van der Waals surface area contributed by atoms with E-state index in [4.69, 9.17) is 9.29 Å². The highest BCUT2D eigenvalue weighted by Gasteiger charge is 2.52. The molecular formula is C17H10F2I3NO9S. The van der Waals surface area contributed by atoms with Crippen LogP contribution in [0.15, 0.2) is 30.3 Å². The van der Waals surface area contributed by atoms with E-state index < -0.39 is 55.3 Å². The lowest BCUT2D eigenvalue weighted by molar-refractivity contribution is -0.384. The van der Waals surface area contributed by atoms with Crippen LogP contribution in [0.2, 0.25) is 0 Å². The van der Waals surface area contributed by atoms with Gasteiger partial charge in [-0.3, -0.25) is 14.7 Å². The van der Waals surface area contributed by atoms with Crippen molar-refractivity contribution in [2.24, 2.45) is 0 Å². The number of hydrogen-bond donors (Lipinski definition) is 1. The number of benzene rings is 2. The Morgan fingerprint density at radius 2 is 1.73 bits per heavy atom. The summed E-state index contributed by atoms with van der Waals surface area (Å²) in [6.07, 6.45) is -2.64. The van der Waals surface area contributed by atoms with Crippen molar-refractivity contribution >= 4 is 95.5 Å². The fourth-order valence-corrected chi connectivity index (χ4v) is 5.08. The predicted molar refractivity (Wildman–Crippen MR) is 134 cm³/mol. The summed E-state index contributed by atoms with van der Waals surface area (Å²) in [5.41, 5.74) is -1.26. The predicted octanol–water partition coefficient (Wildman–Crippen LogP) is 4.65. The highest BCUT2D eigenvalue weighted by atomic mass is 127.